The minimum Gasteiger partial charge on any atom is -0.495 e. The number of hydrogen-bond acceptors (Lipinski definition) is 4. The molecule has 0 spiro atoms. The first-order valence-corrected chi connectivity index (χ1v) is 12.5. The van der Waals surface area contributed by atoms with Gasteiger partial charge in [-0.3, -0.25) is 4.79 Å². The van der Waals surface area contributed by atoms with E-state index in [0.29, 0.717) is 25.2 Å². The zero-order valence-electron chi connectivity index (χ0n) is 18.0. The highest BCUT2D eigenvalue weighted by Gasteiger charge is 2.33. The number of methoxy groups -OCH3 is 1. The van der Waals surface area contributed by atoms with Crippen LogP contribution >= 0.6 is 0 Å². The van der Waals surface area contributed by atoms with Crippen LogP contribution in [-0.4, -0.2) is 50.3 Å². The van der Waals surface area contributed by atoms with E-state index in [4.69, 9.17) is 4.74 Å². The third kappa shape index (κ3) is 4.48. The van der Waals surface area contributed by atoms with Gasteiger partial charge < -0.3 is 9.64 Å². The molecule has 2 heterocycles. The summed E-state index contributed by atoms with van der Waals surface area (Å²) in [7, 11) is -2.27. The molecule has 166 valence electrons. The molecule has 2 fully saturated rings. The van der Waals surface area contributed by atoms with Gasteiger partial charge >= 0.3 is 0 Å². The Bertz CT molecular complexity index is 1020. The highest BCUT2D eigenvalue weighted by Crippen LogP contribution is 2.35. The molecular formula is C24H30N2O4S. The number of amides is 1. The SMILES string of the molecule is COc1ccc(C(=O)N2CCCC2c2ccccc2)cc1S(=O)(=O)N1CCCCCC1. The predicted octanol–water partition coefficient (Wildman–Crippen LogP) is 4.24. The van der Waals surface area contributed by atoms with Gasteiger partial charge in [-0.15, -0.1) is 0 Å². The van der Waals surface area contributed by atoms with E-state index in [-0.39, 0.29) is 22.6 Å². The normalized spacial score (nSPS) is 20.4. The van der Waals surface area contributed by atoms with Gasteiger partial charge in [0.2, 0.25) is 10.0 Å². The van der Waals surface area contributed by atoms with Crippen LogP contribution in [0.5, 0.6) is 5.75 Å². The van der Waals surface area contributed by atoms with Crippen LogP contribution in [0.2, 0.25) is 0 Å². The summed E-state index contributed by atoms with van der Waals surface area (Å²) < 4.78 is 33.8. The summed E-state index contributed by atoms with van der Waals surface area (Å²) in [6.07, 6.45) is 5.62. The van der Waals surface area contributed by atoms with E-state index in [9.17, 15) is 13.2 Å². The van der Waals surface area contributed by atoms with Gasteiger partial charge in [0.05, 0.1) is 13.2 Å². The summed E-state index contributed by atoms with van der Waals surface area (Å²) in [5.74, 6) is 0.142. The van der Waals surface area contributed by atoms with Crippen LogP contribution in [0.25, 0.3) is 0 Å². The van der Waals surface area contributed by atoms with Gasteiger partial charge in [-0.1, -0.05) is 43.2 Å². The molecule has 0 N–H and O–H groups in total. The molecule has 4 rings (SSSR count). The number of ether oxygens (including phenoxy) is 1. The van der Waals surface area contributed by atoms with Crippen molar-refractivity contribution in [1.29, 1.82) is 0 Å². The summed E-state index contributed by atoms with van der Waals surface area (Å²) in [6.45, 7) is 1.68. The van der Waals surface area contributed by atoms with Crippen molar-refractivity contribution in [2.45, 2.75) is 49.5 Å². The number of sulfonamides is 1. The Morgan fingerprint density at radius 3 is 2.32 bits per heavy atom. The Balaban J connectivity index is 1.66. The third-order valence-electron chi connectivity index (χ3n) is 6.29. The van der Waals surface area contributed by atoms with E-state index in [2.05, 4.69) is 0 Å². The van der Waals surface area contributed by atoms with Crippen molar-refractivity contribution in [3.05, 3.63) is 59.7 Å². The maximum Gasteiger partial charge on any atom is 0.254 e. The molecule has 2 aliphatic heterocycles. The van der Waals surface area contributed by atoms with E-state index < -0.39 is 10.0 Å². The second-order valence-corrected chi connectivity index (χ2v) is 10.2. The fourth-order valence-corrected chi connectivity index (χ4v) is 6.33. The van der Waals surface area contributed by atoms with Crippen LogP contribution in [0.4, 0.5) is 0 Å². The zero-order chi connectivity index (χ0) is 21.8. The van der Waals surface area contributed by atoms with Gasteiger partial charge in [-0.05, 0) is 49.4 Å². The van der Waals surface area contributed by atoms with Gasteiger partial charge in [0.1, 0.15) is 10.6 Å². The monoisotopic (exact) mass is 442 g/mol. The second kappa shape index (κ2) is 9.40. The predicted molar refractivity (Wildman–Crippen MR) is 120 cm³/mol. The van der Waals surface area contributed by atoms with Gasteiger partial charge in [-0.2, -0.15) is 4.31 Å². The average molecular weight is 443 g/mol. The fourth-order valence-electron chi connectivity index (χ4n) is 4.63. The van der Waals surface area contributed by atoms with E-state index in [0.717, 1.165) is 44.1 Å². The molecule has 7 heteroatoms. The smallest absolute Gasteiger partial charge is 0.254 e. The number of carbonyl (C=O) groups is 1. The van der Waals surface area contributed by atoms with Crippen LogP contribution in [0.3, 0.4) is 0 Å². The Hall–Kier alpha value is -2.38. The number of hydrogen-bond donors (Lipinski definition) is 0. The van der Waals surface area contributed by atoms with Crippen molar-refractivity contribution in [1.82, 2.24) is 9.21 Å². The number of benzene rings is 2. The lowest BCUT2D eigenvalue weighted by Gasteiger charge is -2.26. The van der Waals surface area contributed by atoms with Gasteiger partial charge in [0.15, 0.2) is 0 Å². The highest BCUT2D eigenvalue weighted by molar-refractivity contribution is 7.89. The Labute approximate surface area is 184 Å². The van der Waals surface area contributed by atoms with Crippen molar-refractivity contribution >= 4 is 15.9 Å². The molecule has 1 atom stereocenters. The molecule has 0 saturated carbocycles. The van der Waals surface area contributed by atoms with Crippen LogP contribution in [0, 0.1) is 0 Å². The second-order valence-electron chi connectivity index (χ2n) is 8.25. The van der Waals surface area contributed by atoms with Crippen molar-refractivity contribution in [2.24, 2.45) is 0 Å². The largest absolute Gasteiger partial charge is 0.495 e. The molecule has 2 aliphatic rings. The highest BCUT2D eigenvalue weighted by atomic mass is 32.2. The minimum absolute atomic E-state index is 0.0152. The quantitative estimate of drug-likeness (QED) is 0.695. The van der Waals surface area contributed by atoms with Gasteiger partial charge in [0, 0.05) is 25.2 Å². The summed E-state index contributed by atoms with van der Waals surface area (Å²) in [5.41, 5.74) is 1.50. The third-order valence-corrected chi connectivity index (χ3v) is 8.21. The molecule has 0 aliphatic carbocycles. The van der Waals surface area contributed by atoms with Crippen molar-refractivity contribution < 1.29 is 17.9 Å². The van der Waals surface area contributed by atoms with Crippen LogP contribution in [0.15, 0.2) is 53.4 Å². The van der Waals surface area contributed by atoms with Gasteiger partial charge in [0.25, 0.3) is 5.91 Å². The van der Waals surface area contributed by atoms with Crippen LogP contribution < -0.4 is 4.74 Å². The van der Waals surface area contributed by atoms with Crippen molar-refractivity contribution in [2.75, 3.05) is 26.7 Å². The molecule has 31 heavy (non-hydrogen) atoms. The lowest BCUT2D eigenvalue weighted by molar-refractivity contribution is 0.0735. The van der Waals surface area contributed by atoms with E-state index >= 15 is 0 Å². The Kier molecular flexibility index (Phi) is 6.62. The summed E-state index contributed by atoms with van der Waals surface area (Å²) in [4.78, 5) is 15.4. The molecule has 0 radical (unpaired) electrons. The molecule has 6 nitrogen and oxygen atoms in total. The maximum atomic E-state index is 13.4. The van der Waals surface area contributed by atoms with E-state index in [1.807, 2.05) is 35.2 Å². The molecular weight excluding hydrogens is 412 g/mol. The topological polar surface area (TPSA) is 66.9 Å². The number of nitrogens with zero attached hydrogens (tertiary/aromatic N) is 2. The summed E-state index contributed by atoms with van der Waals surface area (Å²) in [5, 5.41) is 0. The summed E-state index contributed by atoms with van der Waals surface area (Å²) >= 11 is 0. The van der Waals surface area contributed by atoms with E-state index in [1.54, 1.807) is 12.1 Å². The lowest BCUT2D eigenvalue weighted by atomic mass is 10.0. The lowest BCUT2D eigenvalue weighted by Crippen LogP contribution is -2.33. The van der Waals surface area contributed by atoms with Crippen molar-refractivity contribution in [3.63, 3.8) is 0 Å². The molecule has 2 aromatic carbocycles. The fraction of sp³-hybridized carbons (Fsp3) is 0.458. The Morgan fingerprint density at radius 2 is 1.65 bits per heavy atom. The summed E-state index contributed by atoms with van der Waals surface area (Å²) in [6, 6.07) is 14.8. The first-order valence-electron chi connectivity index (χ1n) is 11.1. The molecule has 2 aromatic rings. The first-order chi connectivity index (χ1) is 15.0. The van der Waals surface area contributed by atoms with Crippen LogP contribution in [0.1, 0.15) is 60.5 Å². The molecule has 0 aromatic heterocycles. The van der Waals surface area contributed by atoms with E-state index in [1.165, 1.54) is 17.5 Å². The minimum atomic E-state index is -3.74. The molecule has 1 unspecified atom stereocenters. The standard InChI is InChI=1S/C24H30N2O4S/c1-30-22-14-13-20(18-23(22)31(28,29)25-15-7-2-3-8-16-25)24(27)26-17-9-12-21(26)19-10-5-4-6-11-19/h4-6,10-11,13-14,18,21H,2-3,7-9,12,15-17H2,1H3. The molecule has 1 amide bonds. The van der Waals surface area contributed by atoms with Crippen LogP contribution in [-0.2, 0) is 10.0 Å². The molecule has 2 saturated heterocycles. The van der Waals surface area contributed by atoms with Crippen molar-refractivity contribution in [3.8, 4) is 5.75 Å². The zero-order valence-corrected chi connectivity index (χ0v) is 18.8. The Morgan fingerprint density at radius 1 is 0.935 bits per heavy atom. The number of rotatable bonds is 5. The van der Waals surface area contributed by atoms with Gasteiger partial charge in [-0.25, -0.2) is 8.42 Å². The first kappa shape index (κ1) is 21.8. The number of likely N-dealkylation sites (tertiary alicyclic amines) is 1. The maximum absolute atomic E-state index is 13.4. The number of carbonyl (C=O) groups excluding carboxylic acids is 1. The molecule has 0 bridgehead atoms. The average Bonchev–Trinajstić information content (AvgIpc) is 3.12.